The number of benzene rings is 3. The van der Waals surface area contributed by atoms with Crippen LogP contribution >= 0.6 is 15.9 Å². The van der Waals surface area contributed by atoms with Gasteiger partial charge >= 0.3 is 0 Å². The van der Waals surface area contributed by atoms with Crippen molar-refractivity contribution in [2.45, 2.75) is 19.4 Å². The molecule has 0 aromatic heterocycles. The van der Waals surface area contributed by atoms with Crippen molar-refractivity contribution in [1.82, 2.24) is 0 Å². The van der Waals surface area contributed by atoms with E-state index in [9.17, 15) is 14.9 Å². The van der Waals surface area contributed by atoms with Crippen LogP contribution in [-0.2, 0) is 9.63 Å². The van der Waals surface area contributed by atoms with Gasteiger partial charge in [-0.15, -0.1) is 0 Å². The highest BCUT2D eigenvalue weighted by atomic mass is 79.9. The Bertz CT molecular complexity index is 1230. The topological polar surface area (TPSA) is 103 Å². The van der Waals surface area contributed by atoms with Gasteiger partial charge in [-0.25, -0.2) is 0 Å². The van der Waals surface area contributed by atoms with Crippen LogP contribution in [0.3, 0.4) is 0 Å². The summed E-state index contributed by atoms with van der Waals surface area (Å²) in [5.41, 5.74) is 2.50. The standard InChI is InChI=1S/C23H18BrN3O5/c1-14-4-2-7-19(8-14)31-20-11-17(10-18(12-20)27(29)30)25-23(28)22-13-21(26-32-22)15-5-3-6-16(24)9-15/h2-12,22H,13H2,1H3,(H,25,28). The fourth-order valence-corrected chi connectivity index (χ4v) is 3.61. The molecule has 0 spiro atoms. The van der Waals surface area contributed by atoms with Crippen molar-refractivity contribution >= 4 is 38.9 Å². The number of oxime groups is 1. The van der Waals surface area contributed by atoms with E-state index in [0.717, 1.165) is 15.6 Å². The Labute approximate surface area is 192 Å². The van der Waals surface area contributed by atoms with Crippen LogP contribution in [0.2, 0.25) is 0 Å². The summed E-state index contributed by atoms with van der Waals surface area (Å²) in [4.78, 5) is 28.9. The molecule has 1 aliphatic rings. The summed E-state index contributed by atoms with van der Waals surface area (Å²) in [6.45, 7) is 1.91. The number of halogens is 1. The summed E-state index contributed by atoms with van der Waals surface area (Å²) >= 11 is 3.41. The van der Waals surface area contributed by atoms with E-state index < -0.39 is 16.9 Å². The van der Waals surface area contributed by atoms with Crippen LogP contribution < -0.4 is 10.1 Å². The van der Waals surface area contributed by atoms with Crippen LogP contribution in [0.5, 0.6) is 11.5 Å². The minimum Gasteiger partial charge on any atom is -0.457 e. The second-order valence-electron chi connectivity index (χ2n) is 7.23. The summed E-state index contributed by atoms with van der Waals surface area (Å²) in [6.07, 6.45) is -0.562. The zero-order chi connectivity index (χ0) is 22.7. The second-order valence-corrected chi connectivity index (χ2v) is 8.14. The number of nitro benzene ring substituents is 1. The van der Waals surface area contributed by atoms with E-state index in [2.05, 4.69) is 26.4 Å². The zero-order valence-electron chi connectivity index (χ0n) is 16.9. The maximum Gasteiger partial charge on any atom is 0.275 e. The maximum atomic E-state index is 12.7. The van der Waals surface area contributed by atoms with Crippen LogP contribution in [0.1, 0.15) is 17.5 Å². The van der Waals surface area contributed by atoms with E-state index >= 15 is 0 Å². The number of carbonyl (C=O) groups excluding carboxylic acids is 1. The summed E-state index contributed by atoms with van der Waals surface area (Å²) in [5, 5.41) is 18.1. The average Bonchev–Trinajstić information content (AvgIpc) is 3.24. The minimum absolute atomic E-state index is 0.205. The molecule has 1 aliphatic heterocycles. The van der Waals surface area contributed by atoms with Crippen LogP contribution in [-0.4, -0.2) is 22.6 Å². The smallest absolute Gasteiger partial charge is 0.275 e. The van der Waals surface area contributed by atoms with E-state index in [-0.39, 0.29) is 23.5 Å². The van der Waals surface area contributed by atoms with Gasteiger partial charge in [0.25, 0.3) is 11.6 Å². The average molecular weight is 496 g/mol. The molecule has 0 saturated heterocycles. The first-order valence-corrected chi connectivity index (χ1v) is 10.5. The number of hydrogen-bond acceptors (Lipinski definition) is 6. The number of aryl methyl sites for hydroxylation is 1. The molecule has 1 heterocycles. The number of non-ortho nitro benzene ring substituents is 1. The molecule has 0 saturated carbocycles. The van der Waals surface area contributed by atoms with Gasteiger partial charge in [0.15, 0.2) is 0 Å². The molecule has 3 aromatic carbocycles. The molecule has 1 unspecified atom stereocenters. The Balaban J connectivity index is 1.49. The van der Waals surface area contributed by atoms with Crippen molar-refractivity contribution in [3.05, 3.63) is 92.4 Å². The molecule has 9 heteroatoms. The number of ether oxygens (including phenoxy) is 1. The third kappa shape index (κ3) is 5.12. The molecule has 162 valence electrons. The highest BCUT2D eigenvalue weighted by Gasteiger charge is 2.29. The third-order valence-electron chi connectivity index (χ3n) is 4.71. The Morgan fingerprint density at radius 1 is 1.16 bits per heavy atom. The third-order valence-corrected chi connectivity index (χ3v) is 5.21. The number of hydrogen-bond donors (Lipinski definition) is 1. The number of rotatable bonds is 6. The first-order chi connectivity index (χ1) is 15.4. The fraction of sp³-hybridized carbons (Fsp3) is 0.130. The number of amides is 1. The minimum atomic E-state index is -0.843. The quantitative estimate of drug-likeness (QED) is 0.354. The SMILES string of the molecule is Cc1cccc(Oc2cc(NC(=O)C3CC(c4cccc(Br)c4)=NO3)cc([N+](=O)[O-])c2)c1. The van der Waals surface area contributed by atoms with E-state index in [1.807, 2.05) is 49.4 Å². The van der Waals surface area contributed by atoms with Crippen molar-refractivity contribution in [3.8, 4) is 11.5 Å². The Hall–Kier alpha value is -3.72. The number of nitro groups is 1. The van der Waals surface area contributed by atoms with Crippen molar-refractivity contribution in [2.24, 2.45) is 5.16 Å². The van der Waals surface area contributed by atoms with E-state index in [1.54, 1.807) is 6.07 Å². The van der Waals surface area contributed by atoms with Gasteiger partial charge in [0.05, 0.1) is 22.4 Å². The number of nitrogens with zero attached hydrogens (tertiary/aromatic N) is 2. The first-order valence-electron chi connectivity index (χ1n) is 9.71. The lowest BCUT2D eigenvalue weighted by Gasteiger charge is -2.12. The van der Waals surface area contributed by atoms with Crippen LogP contribution in [0.15, 0.2) is 76.4 Å². The second kappa shape index (κ2) is 9.19. The molecular weight excluding hydrogens is 478 g/mol. The largest absolute Gasteiger partial charge is 0.457 e. The van der Waals surface area contributed by atoms with Crippen LogP contribution in [0, 0.1) is 17.0 Å². The molecule has 0 radical (unpaired) electrons. The van der Waals surface area contributed by atoms with E-state index in [1.165, 1.54) is 18.2 Å². The lowest BCUT2D eigenvalue weighted by molar-refractivity contribution is -0.384. The summed E-state index contributed by atoms with van der Waals surface area (Å²) < 4.78 is 6.66. The van der Waals surface area contributed by atoms with E-state index in [0.29, 0.717) is 11.5 Å². The molecule has 1 atom stereocenters. The Kier molecular flexibility index (Phi) is 6.18. The number of nitrogens with one attached hydrogen (secondary N) is 1. The van der Waals surface area contributed by atoms with Crippen molar-refractivity contribution < 1.29 is 19.3 Å². The monoisotopic (exact) mass is 495 g/mol. The molecule has 0 aliphatic carbocycles. The van der Waals surface area contributed by atoms with E-state index in [4.69, 9.17) is 9.57 Å². The lowest BCUT2D eigenvalue weighted by atomic mass is 10.0. The molecule has 3 aromatic rings. The molecule has 1 N–H and O–H groups in total. The zero-order valence-corrected chi connectivity index (χ0v) is 18.5. The van der Waals surface area contributed by atoms with Crippen molar-refractivity contribution in [1.29, 1.82) is 0 Å². The summed E-state index contributed by atoms with van der Waals surface area (Å²) in [5.74, 6) is 0.313. The van der Waals surface area contributed by atoms with Gasteiger partial charge in [-0.1, -0.05) is 45.4 Å². The van der Waals surface area contributed by atoms with Gasteiger partial charge in [-0.2, -0.15) is 0 Å². The van der Waals surface area contributed by atoms with Gasteiger partial charge in [0, 0.05) is 28.6 Å². The van der Waals surface area contributed by atoms with Gasteiger partial charge in [0.2, 0.25) is 6.10 Å². The van der Waals surface area contributed by atoms with Gasteiger partial charge in [0.1, 0.15) is 11.5 Å². The van der Waals surface area contributed by atoms with Crippen LogP contribution in [0.25, 0.3) is 0 Å². The molecule has 8 nitrogen and oxygen atoms in total. The molecule has 32 heavy (non-hydrogen) atoms. The maximum absolute atomic E-state index is 12.7. The predicted molar refractivity (Wildman–Crippen MR) is 123 cm³/mol. The lowest BCUT2D eigenvalue weighted by Crippen LogP contribution is -2.28. The normalized spacial score (nSPS) is 14.9. The predicted octanol–water partition coefficient (Wildman–Crippen LogP) is 5.59. The number of carbonyl (C=O) groups is 1. The van der Waals surface area contributed by atoms with Crippen LogP contribution in [0.4, 0.5) is 11.4 Å². The molecule has 1 amide bonds. The molecule has 0 fully saturated rings. The molecule has 0 bridgehead atoms. The molecule has 4 rings (SSSR count). The van der Waals surface area contributed by atoms with Crippen molar-refractivity contribution in [2.75, 3.05) is 5.32 Å². The Morgan fingerprint density at radius 3 is 2.72 bits per heavy atom. The fourth-order valence-electron chi connectivity index (χ4n) is 3.21. The summed E-state index contributed by atoms with van der Waals surface area (Å²) in [6, 6.07) is 18.9. The van der Waals surface area contributed by atoms with Gasteiger partial charge in [-0.3, -0.25) is 14.9 Å². The highest BCUT2D eigenvalue weighted by Crippen LogP contribution is 2.30. The molecular formula is C23H18BrN3O5. The first kappa shape index (κ1) is 21.5. The highest BCUT2D eigenvalue weighted by molar-refractivity contribution is 9.10. The summed E-state index contributed by atoms with van der Waals surface area (Å²) in [7, 11) is 0. The number of anilines is 1. The Morgan fingerprint density at radius 2 is 1.97 bits per heavy atom. The van der Waals surface area contributed by atoms with Gasteiger partial charge < -0.3 is 14.9 Å². The van der Waals surface area contributed by atoms with Gasteiger partial charge in [-0.05, 0) is 36.8 Å². The van der Waals surface area contributed by atoms with Crippen molar-refractivity contribution in [3.63, 3.8) is 0 Å².